The average Bonchev–Trinajstić information content (AvgIpc) is 3.07. The van der Waals surface area contributed by atoms with E-state index in [2.05, 4.69) is 15.3 Å². The van der Waals surface area contributed by atoms with Gasteiger partial charge in [0.15, 0.2) is 0 Å². The first kappa shape index (κ1) is 15.0. The van der Waals surface area contributed by atoms with E-state index in [1.165, 1.54) is 6.20 Å². The van der Waals surface area contributed by atoms with Crippen molar-refractivity contribution in [2.24, 2.45) is 0 Å². The molecule has 1 fully saturated rings. The number of nitrogens with zero attached hydrogens (tertiary/aromatic N) is 4. The van der Waals surface area contributed by atoms with Crippen molar-refractivity contribution in [1.82, 2.24) is 25.3 Å². The Balaban J connectivity index is 1.70. The summed E-state index contributed by atoms with van der Waals surface area (Å²) >= 11 is 0. The van der Waals surface area contributed by atoms with E-state index in [0.29, 0.717) is 31.5 Å². The number of hydrogen-bond donors (Lipinski definition) is 1. The van der Waals surface area contributed by atoms with Gasteiger partial charge in [0.2, 0.25) is 11.8 Å². The van der Waals surface area contributed by atoms with E-state index in [-0.39, 0.29) is 12.1 Å². The minimum Gasteiger partial charge on any atom is -0.423 e. The van der Waals surface area contributed by atoms with Crippen LogP contribution in [0.2, 0.25) is 0 Å². The quantitative estimate of drug-likeness (QED) is 0.928. The van der Waals surface area contributed by atoms with Crippen LogP contribution in [-0.2, 0) is 17.5 Å². The van der Waals surface area contributed by atoms with Crippen molar-refractivity contribution in [3.05, 3.63) is 29.2 Å². The second kappa shape index (κ2) is 5.69. The van der Waals surface area contributed by atoms with Crippen LogP contribution in [0.3, 0.4) is 0 Å². The lowest BCUT2D eigenvalue weighted by molar-refractivity contribution is -0.142. The average molecular weight is 317 g/mol. The van der Waals surface area contributed by atoms with E-state index in [1.807, 2.05) is 10.00 Å². The molecule has 0 radical (unpaired) electrons. The van der Waals surface area contributed by atoms with Gasteiger partial charge in [-0.25, -0.2) is 0 Å². The molecule has 1 saturated heterocycles. The lowest BCUT2D eigenvalue weighted by Crippen LogP contribution is -2.38. The Bertz CT molecular complexity index is 639. The first-order chi connectivity index (χ1) is 10.4. The van der Waals surface area contributed by atoms with Crippen LogP contribution in [0.15, 0.2) is 10.6 Å². The standard InChI is InChI=1S/C12H14F3N5O2/c1-7-17-19-11(22-7)9-6-20(2-3-21-9)5-8-4-16-18-10(8)12(13,14)15/h4,9H,2-3,5-6H2,1H3,(H,16,18). The van der Waals surface area contributed by atoms with Gasteiger partial charge in [0.25, 0.3) is 0 Å². The smallest absolute Gasteiger partial charge is 0.423 e. The molecule has 0 bridgehead atoms. The third kappa shape index (κ3) is 3.12. The van der Waals surface area contributed by atoms with E-state index in [9.17, 15) is 13.2 Å². The van der Waals surface area contributed by atoms with Crippen molar-refractivity contribution in [2.75, 3.05) is 19.7 Å². The van der Waals surface area contributed by atoms with Gasteiger partial charge in [-0.05, 0) is 0 Å². The van der Waals surface area contributed by atoms with Gasteiger partial charge < -0.3 is 9.15 Å². The molecular formula is C12H14F3N5O2. The van der Waals surface area contributed by atoms with Gasteiger partial charge in [-0.1, -0.05) is 0 Å². The number of rotatable bonds is 3. The maximum Gasteiger partial charge on any atom is 0.433 e. The summed E-state index contributed by atoms with van der Waals surface area (Å²) in [6, 6.07) is 0. The van der Waals surface area contributed by atoms with Gasteiger partial charge in [0.1, 0.15) is 11.8 Å². The molecule has 1 atom stereocenters. The van der Waals surface area contributed by atoms with Gasteiger partial charge in [-0.2, -0.15) is 18.3 Å². The van der Waals surface area contributed by atoms with Crippen LogP contribution in [0.1, 0.15) is 29.1 Å². The Morgan fingerprint density at radius 1 is 1.41 bits per heavy atom. The number of alkyl halides is 3. The SMILES string of the molecule is Cc1nnc(C2CN(Cc3cn[nH]c3C(F)(F)F)CCO2)o1. The molecule has 3 heterocycles. The molecule has 7 nitrogen and oxygen atoms in total. The van der Waals surface area contributed by atoms with E-state index in [1.54, 1.807) is 6.92 Å². The normalized spacial score (nSPS) is 20.5. The summed E-state index contributed by atoms with van der Waals surface area (Å²) in [5, 5.41) is 13.1. The third-order valence-corrected chi connectivity index (χ3v) is 3.36. The molecule has 1 unspecified atom stereocenters. The summed E-state index contributed by atoms with van der Waals surface area (Å²) in [7, 11) is 0. The van der Waals surface area contributed by atoms with Crippen molar-refractivity contribution in [3.63, 3.8) is 0 Å². The molecule has 1 N–H and O–H groups in total. The summed E-state index contributed by atoms with van der Waals surface area (Å²) in [6.45, 7) is 3.07. The van der Waals surface area contributed by atoms with Crippen molar-refractivity contribution >= 4 is 0 Å². The molecule has 0 aromatic carbocycles. The van der Waals surface area contributed by atoms with E-state index < -0.39 is 18.0 Å². The Morgan fingerprint density at radius 2 is 2.23 bits per heavy atom. The summed E-state index contributed by atoms with van der Waals surface area (Å²) in [4.78, 5) is 1.84. The van der Waals surface area contributed by atoms with Crippen LogP contribution in [-0.4, -0.2) is 45.0 Å². The fourth-order valence-electron chi connectivity index (χ4n) is 2.35. The molecule has 1 aliphatic heterocycles. The van der Waals surface area contributed by atoms with Gasteiger partial charge in [-0.15, -0.1) is 10.2 Å². The number of nitrogens with one attached hydrogen (secondary N) is 1. The summed E-state index contributed by atoms with van der Waals surface area (Å²) in [6.07, 6.45) is -3.68. The number of morpholine rings is 1. The molecule has 3 rings (SSSR count). The molecule has 0 saturated carbocycles. The molecule has 0 aliphatic carbocycles. The molecule has 1 aliphatic rings. The van der Waals surface area contributed by atoms with Crippen molar-refractivity contribution in [2.45, 2.75) is 25.7 Å². The zero-order valence-corrected chi connectivity index (χ0v) is 11.7. The molecule has 22 heavy (non-hydrogen) atoms. The van der Waals surface area contributed by atoms with Gasteiger partial charge in [0, 0.05) is 32.1 Å². The van der Waals surface area contributed by atoms with Crippen molar-refractivity contribution in [1.29, 1.82) is 0 Å². The molecule has 0 amide bonds. The van der Waals surface area contributed by atoms with Gasteiger partial charge >= 0.3 is 6.18 Å². The number of aryl methyl sites for hydroxylation is 1. The first-order valence-electron chi connectivity index (χ1n) is 6.67. The fraction of sp³-hybridized carbons (Fsp3) is 0.583. The number of ether oxygens (including phenoxy) is 1. The number of hydrogen-bond acceptors (Lipinski definition) is 6. The van der Waals surface area contributed by atoms with Crippen molar-refractivity contribution in [3.8, 4) is 0 Å². The molecule has 2 aromatic rings. The van der Waals surface area contributed by atoms with E-state index >= 15 is 0 Å². The first-order valence-corrected chi connectivity index (χ1v) is 6.67. The fourth-order valence-corrected chi connectivity index (χ4v) is 2.35. The number of aromatic nitrogens is 4. The third-order valence-electron chi connectivity index (χ3n) is 3.36. The maximum absolute atomic E-state index is 12.8. The number of halogens is 3. The minimum atomic E-state index is -4.44. The lowest BCUT2D eigenvalue weighted by Gasteiger charge is -2.31. The Morgan fingerprint density at radius 3 is 2.91 bits per heavy atom. The predicted molar refractivity (Wildman–Crippen MR) is 66.6 cm³/mol. The van der Waals surface area contributed by atoms with Gasteiger partial charge in [0.05, 0.1) is 12.8 Å². The van der Waals surface area contributed by atoms with Gasteiger partial charge in [-0.3, -0.25) is 10.00 Å². The highest BCUT2D eigenvalue weighted by Crippen LogP contribution is 2.31. The number of H-pyrrole nitrogens is 1. The monoisotopic (exact) mass is 317 g/mol. The Kier molecular flexibility index (Phi) is 3.87. The molecule has 0 spiro atoms. The zero-order chi connectivity index (χ0) is 15.7. The second-order valence-corrected chi connectivity index (χ2v) is 5.02. The van der Waals surface area contributed by atoms with Crippen LogP contribution in [0.25, 0.3) is 0 Å². The molecule has 120 valence electrons. The van der Waals surface area contributed by atoms with Crippen LogP contribution in [0.5, 0.6) is 0 Å². The molecule has 2 aromatic heterocycles. The zero-order valence-electron chi connectivity index (χ0n) is 11.7. The lowest BCUT2D eigenvalue weighted by atomic mass is 10.2. The molecule has 10 heteroatoms. The van der Waals surface area contributed by atoms with Crippen LogP contribution in [0, 0.1) is 6.92 Å². The highest BCUT2D eigenvalue weighted by Gasteiger charge is 2.36. The summed E-state index contributed by atoms with van der Waals surface area (Å²) in [5.74, 6) is 0.760. The van der Waals surface area contributed by atoms with Crippen LogP contribution in [0.4, 0.5) is 13.2 Å². The molecular weight excluding hydrogens is 303 g/mol. The largest absolute Gasteiger partial charge is 0.433 e. The van der Waals surface area contributed by atoms with E-state index in [0.717, 1.165) is 0 Å². The minimum absolute atomic E-state index is 0.106. The summed E-state index contributed by atoms with van der Waals surface area (Å²) in [5.41, 5.74) is -0.709. The predicted octanol–water partition coefficient (Wildman–Crippen LogP) is 1.69. The number of aromatic amines is 1. The Labute approximate surface area is 123 Å². The topological polar surface area (TPSA) is 80.1 Å². The summed E-state index contributed by atoms with van der Waals surface area (Å²) < 4.78 is 49.4. The van der Waals surface area contributed by atoms with Crippen molar-refractivity contribution < 1.29 is 22.3 Å². The van der Waals surface area contributed by atoms with E-state index in [4.69, 9.17) is 9.15 Å². The maximum atomic E-state index is 12.8. The second-order valence-electron chi connectivity index (χ2n) is 5.02. The van der Waals surface area contributed by atoms with Crippen LogP contribution >= 0.6 is 0 Å². The highest BCUT2D eigenvalue weighted by molar-refractivity contribution is 5.19. The van der Waals surface area contributed by atoms with Crippen LogP contribution < -0.4 is 0 Å². The Hall–Kier alpha value is -1.94. The highest BCUT2D eigenvalue weighted by atomic mass is 19.4.